The van der Waals surface area contributed by atoms with Crippen LogP contribution in [0.3, 0.4) is 0 Å². The summed E-state index contributed by atoms with van der Waals surface area (Å²) in [6.07, 6.45) is -16.3. The minimum absolute atomic E-state index is 0.0592. The molecule has 3 heterocycles. The fourth-order valence-corrected chi connectivity index (χ4v) is 5.29. The number of aromatic hydroxyl groups is 2. The number of ketones is 1. The van der Waals surface area contributed by atoms with Gasteiger partial charge in [-0.25, -0.2) is 0 Å². The van der Waals surface area contributed by atoms with E-state index in [0.29, 0.717) is 5.56 Å². The molecule has 0 aromatic heterocycles. The van der Waals surface area contributed by atoms with Crippen LogP contribution in [0.2, 0.25) is 0 Å². The van der Waals surface area contributed by atoms with Crippen LogP contribution in [-0.2, 0) is 14.2 Å². The molecule has 0 aliphatic carbocycles. The summed E-state index contributed by atoms with van der Waals surface area (Å²) >= 11 is 0. The molecule has 8 N–H and O–H groups in total. The lowest BCUT2D eigenvalue weighted by Crippen LogP contribution is -2.64. The molecule has 2 fully saturated rings. The molecule has 2 aromatic rings. The zero-order valence-corrected chi connectivity index (χ0v) is 23.1. The molecule has 2 saturated heterocycles. The van der Waals surface area contributed by atoms with E-state index < -0.39 is 85.7 Å². The second-order valence-corrected chi connectivity index (χ2v) is 10.6. The number of hydrogen-bond donors (Lipinski definition) is 8. The molecule has 0 spiro atoms. The molecule has 15 heteroatoms. The number of fused-ring (bicyclic) bond motifs is 1. The van der Waals surface area contributed by atoms with E-state index in [1.54, 1.807) is 6.07 Å². The van der Waals surface area contributed by atoms with E-state index in [4.69, 9.17) is 28.4 Å². The Hall–Kier alpha value is -3.25. The highest BCUT2D eigenvalue weighted by atomic mass is 16.8. The molecule has 0 saturated carbocycles. The minimum Gasteiger partial charge on any atom is -0.507 e. The third-order valence-electron chi connectivity index (χ3n) is 7.72. The normalized spacial score (nSPS) is 36.0. The van der Waals surface area contributed by atoms with Crippen LogP contribution < -0.4 is 14.2 Å². The van der Waals surface area contributed by atoms with Gasteiger partial charge in [-0.2, -0.15) is 0 Å². The third-order valence-corrected chi connectivity index (χ3v) is 7.72. The summed E-state index contributed by atoms with van der Waals surface area (Å²) in [7, 11) is 1.39. The number of methoxy groups -OCH3 is 1. The summed E-state index contributed by atoms with van der Waals surface area (Å²) in [5.74, 6) is -1.06. The van der Waals surface area contributed by atoms with Gasteiger partial charge in [0.2, 0.25) is 6.29 Å². The molecule has 11 atom stereocenters. The van der Waals surface area contributed by atoms with Crippen molar-refractivity contribution < 1.29 is 74.1 Å². The monoisotopic (exact) mass is 610 g/mol. The van der Waals surface area contributed by atoms with Crippen LogP contribution >= 0.6 is 0 Å². The van der Waals surface area contributed by atoms with Crippen LogP contribution in [0.25, 0.3) is 0 Å². The molecule has 0 bridgehead atoms. The molecule has 0 amide bonds. The maximum Gasteiger partial charge on any atom is 0.229 e. The first-order valence-electron chi connectivity index (χ1n) is 13.5. The van der Waals surface area contributed by atoms with Gasteiger partial charge in [0.15, 0.2) is 29.7 Å². The van der Waals surface area contributed by atoms with Crippen molar-refractivity contribution in [3.05, 3.63) is 41.5 Å². The fraction of sp³-hybridized carbons (Fsp3) is 0.536. The van der Waals surface area contributed by atoms with Crippen LogP contribution in [0.4, 0.5) is 0 Å². The minimum atomic E-state index is -1.76. The Morgan fingerprint density at radius 1 is 0.884 bits per heavy atom. The molecule has 0 radical (unpaired) electrons. The molecule has 3 aliphatic heterocycles. The lowest BCUT2D eigenvalue weighted by molar-refractivity contribution is -0.354. The van der Waals surface area contributed by atoms with Crippen LogP contribution in [-0.4, -0.2) is 122 Å². The first-order chi connectivity index (χ1) is 20.4. The third kappa shape index (κ3) is 5.95. The highest BCUT2D eigenvalue weighted by Gasteiger charge is 2.51. The second kappa shape index (κ2) is 12.4. The van der Waals surface area contributed by atoms with Gasteiger partial charge in [-0.1, -0.05) is 6.07 Å². The van der Waals surface area contributed by atoms with Gasteiger partial charge in [0.1, 0.15) is 65.5 Å². The van der Waals surface area contributed by atoms with Gasteiger partial charge in [-0.15, -0.1) is 0 Å². The number of aliphatic hydroxyl groups is 6. The number of benzene rings is 2. The van der Waals surface area contributed by atoms with Crippen molar-refractivity contribution >= 4 is 5.78 Å². The Morgan fingerprint density at radius 3 is 2.30 bits per heavy atom. The van der Waals surface area contributed by atoms with E-state index in [9.17, 15) is 45.6 Å². The van der Waals surface area contributed by atoms with Crippen LogP contribution in [0.15, 0.2) is 30.3 Å². The van der Waals surface area contributed by atoms with E-state index in [0.717, 1.165) is 6.07 Å². The summed E-state index contributed by atoms with van der Waals surface area (Å²) in [6.45, 7) is 0.699. The number of carbonyl (C=O) groups excluding carboxylic acids is 1. The molecular weight excluding hydrogens is 576 g/mol. The van der Waals surface area contributed by atoms with E-state index in [1.165, 1.54) is 32.2 Å². The molecule has 3 aliphatic rings. The largest absolute Gasteiger partial charge is 0.507 e. The molecule has 43 heavy (non-hydrogen) atoms. The quantitative estimate of drug-likeness (QED) is 0.185. The van der Waals surface area contributed by atoms with Crippen LogP contribution in [0.5, 0.6) is 28.7 Å². The van der Waals surface area contributed by atoms with E-state index in [1.807, 2.05) is 0 Å². The average Bonchev–Trinajstić information content (AvgIpc) is 2.97. The SMILES string of the molecule is COc1ccc([C@H]2CC(=O)c3c(O)cc(O[C@@H]4O[C@H](CO)[C@@H](O)[C@H](O)[C@@H]4O[C@@H]4O[C@H](C)[C@@H](O)[C@H](O)[C@@H]4O)cc3O2)cc1O. The van der Waals surface area contributed by atoms with Crippen molar-refractivity contribution in [2.45, 2.75) is 80.9 Å². The zero-order chi connectivity index (χ0) is 31.2. The maximum absolute atomic E-state index is 13.0. The maximum atomic E-state index is 13.0. The molecule has 236 valence electrons. The summed E-state index contributed by atoms with van der Waals surface area (Å²) in [5, 5.41) is 82.4. The van der Waals surface area contributed by atoms with Crippen molar-refractivity contribution in [1.82, 2.24) is 0 Å². The highest BCUT2D eigenvalue weighted by molar-refractivity contribution is 6.02. The molecule has 2 aromatic carbocycles. The number of phenols is 2. The number of phenolic OH excluding ortho intramolecular Hbond substituents is 2. The second-order valence-electron chi connectivity index (χ2n) is 10.6. The van der Waals surface area contributed by atoms with Crippen LogP contribution in [0.1, 0.15) is 35.4 Å². The van der Waals surface area contributed by atoms with Crippen LogP contribution in [0, 0.1) is 0 Å². The number of Topliss-reactive ketones (excluding diaryl/α,β-unsaturated/α-hetero) is 1. The van der Waals surface area contributed by atoms with Crippen molar-refractivity contribution in [2.75, 3.05) is 13.7 Å². The van der Waals surface area contributed by atoms with E-state index >= 15 is 0 Å². The predicted molar refractivity (Wildman–Crippen MR) is 141 cm³/mol. The van der Waals surface area contributed by atoms with Crippen molar-refractivity contribution in [3.8, 4) is 28.7 Å². The van der Waals surface area contributed by atoms with E-state index in [2.05, 4.69) is 0 Å². The highest BCUT2D eigenvalue weighted by Crippen LogP contribution is 2.43. The first kappa shape index (κ1) is 31.2. The van der Waals surface area contributed by atoms with Gasteiger partial charge in [-0.05, 0) is 24.6 Å². The van der Waals surface area contributed by atoms with Gasteiger partial charge in [-0.3, -0.25) is 4.79 Å². The lowest BCUT2D eigenvalue weighted by atomic mass is 9.95. The Morgan fingerprint density at radius 2 is 1.63 bits per heavy atom. The summed E-state index contributed by atoms with van der Waals surface area (Å²) in [5.41, 5.74) is 0.352. The average molecular weight is 611 g/mol. The lowest BCUT2D eigenvalue weighted by Gasteiger charge is -2.45. The van der Waals surface area contributed by atoms with E-state index in [-0.39, 0.29) is 35.0 Å². The number of ether oxygens (including phenoxy) is 6. The fourth-order valence-electron chi connectivity index (χ4n) is 5.29. The number of carbonyl (C=O) groups is 1. The Labute approximate surface area is 245 Å². The van der Waals surface area contributed by atoms with Crippen molar-refractivity contribution in [2.24, 2.45) is 0 Å². The topological polar surface area (TPSA) is 234 Å². The summed E-state index contributed by atoms with van der Waals surface area (Å²) < 4.78 is 33.7. The van der Waals surface area contributed by atoms with Gasteiger partial charge in [0.05, 0.1) is 26.2 Å². The Kier molecular flexibility index (Phi) is 8.99. The van der Waals surface area contributed by atoms with Crippen molar-refractivity contribution in [3.63, 3.8) is 0 Å². The first-order valence-corrected chi connectivity index (χ1v) is 13.5. The zero-order valence-electron chi connectivity index (χ0n) is 23.1. The van der Waals surface area contributed by atoms with Crippen molar-refractivity contribution in [1.29, 1.82) is 0 Å². The summed E-state index contributed by atoms with van der Waals surface area (Å²) in [6, 6.07) is 6.89. The summed E-state index contributed by atoms with van der Waals surface area (Å²) in [4.78, 5) is 13.0. The van der Waals surface area contributed by atoms with Gasteiger partial charge in [0, 0.05) is 12.1 Å². The Bertz CT molecular complexity index is 1320. The molecular formula is C28H34O15. The Balaban J connectivity index is 1.41. The number of aliphatic hydroxyl groups excluding tert-OH is 6. The predicted octanol–water partition coefficient (Wildman–Crippen LogP) is -1.16. The number of rotatable bonds is 7. The molecule has 15 nitrogen and oxygen atoms in total. The molecule has 0 unspecified atom stereocenters. The van der Waals surface area contributed by atoms with Gasteiger partial charge >= 0.3 is 0 Å². The van der Waals surface area contributed by atoms with Gasteiger partial charge < -0.3 is 69.3 Å². The molecule has 5 rings (SSSR count). The smallest absolute Gasteiger partial charge is 0.229 e. The number of hydrogen-bond acceptors (Lipinski definition) is 15. The standard InChI is InChI=1S/C28H34O15/c1-10-21(33)23(35)25(37)27(39-10)43-26-24(36)22(34)19(9-29)42-28(26)40-12-6-14(31)20-15(32)8-17(41-18(20)7-12)11-3-4-16(38-2)13(30)5-11/h3-7,10,17,19,21-31,33-37H,8-9H2,1-2H3/t10-,17-,19-,21-,22-,23+,24+,25+,26+,27+,28-/m1/s1. The van der Waals surface area contributed by atoms with Gasteiger partial charge in [0.25, 0.3) is 0 Å².